The molecule has 3 aliphatic rings. The van der Waals surface area contributed by atoms with Crippen molar-refractivity contribution in [1.82, 2.24) is 15.1 Å². The Hall–Kier alpha value is -2.41. The van der Waals surface area contributed by atoms with Gasteiger partial charge in [0.2, 0.25) is 11.8 Å². The van der Waals surface area contributed by atoms with E-state index >= 15 is 0 Å². The monoisotopic (exact) mass is 399 g/mol. The van der Waals surface area contributed by atoms with Crippen molar-refractivity contribution < 1.29 is 19.1 Å². The first-order chi connectivity index (χ1) is 14.0. The molecule has 1 aliphatic carbocycles. The lowest BCUT2D eigenvalue weighted by Gasteiger charge is -2.35. The minimum absolute atomic E-state index is 0.00420. The van der Waals surface area contributed by atoms with E-state index in [1.165, 1.54) is 7.11 Å². The SMILES string of the molecule is COC(=O)C1CC(C(=O)N2CCNCC2)N(C(=O)C2CC2)C1c1ccc(C)cc1. The van der Waals surface area contributed by atoms with E-state index in [2.05, 4.69) is 5.32 Å². The van der Waals surface area contributed by atoms with E-state index in [-0.39, 0.29) is 23.7 Å². The van der Waals surface area contributed by atoms with Crippen molar-refractivity contribution in [2.24, 2.45) is 11.8 Å². The van der Waals surface area contributed by atoms with Gasteiger partial charge in [0.05, 0.1) is 19.1 Å². The van der Waals surface area contributed by atoms with Gasteiger partial charge < -0.3 is 19.9 Å². The van der Waals surface area contributed by atoms with Crippen molar-refractivity contribution in [2.45, 2.75) is 38.3 Å². The van der Waals surface area contributed by atoms with Gasteiger partial charge in [0, 0.05) is 32.1 Å². The number of esters is 1. The first kappa shape index (κ1) is 19.9. The number of amides is 2. The highest BCUT2D eigenvalue weighted by Gasteiger charge is 2.53. The molecule has 7 nitrogen and oxygen atoms in total. The van der Waals surface area contributed by atoms with E-state index in [9.17, 15) is 14.4 Å². The number of nitrogens with zero attached hydrogens (tertiary/aromatic N) is 2. The first-order valence-electron chi connectivity index (χ1n) is 10.5. The van der Waals surface area contributed by atoms with Crippen LogP contribution in [0, 0.1) is 18.8 Å². The number of aryl methyl sites for hydroxylation is 1. The van der Waals surface area contributed by atoms with E-state index in [0.29, 0.717) is 19.5 Å². The van der Waals surface area contributed by atoms with Crippen molar-refractivity contribution >= 4 is 17.8 Å². The van der Waals surface area contributed by atoms with Gasteiger partial charge in [0.1, 0.15) is 6.04 Å². The van der Waals surface area contributed by atoms with Gasteiger partial charge in [-0.15, -0.1) is 0 Å². The molecule has 2 saturated heterocycles. The number of piperazine rings is 1. The van der Waals surface area contributed by atoms with Gasteiger partial charge in [0.25, 0.3) is 0 Å². The fourth-order valence-corrected chi connectivity index (χ4v) is 4.55. The maximum atomic E-state index is 13.4. The number of likely N-dealkylation sites (tertiary alicyclic amines) is 1. The fraction of sp³-hybridized carbons (Fsp3) is 0.591. The van der Waals surface area contributed by atoms with Crippen LogP contribution in [0.2, 0.25) is 0 Å². The smallest absolute Gasteiger partial charge is 0.311 e. The van der Waals surface area contributed by atoms with Crippen LogP contribution < -0.4 is 5.32 Å². The second kappa shape index (κ2) is 8.14. The first-order valence-corrected chi connectivity index (χ1v) is 10.5. The second-order valence-electron chi connectivity index (χ2n) is 8.33. The van der Waals surface area contributed by atoms with Crippen LogP contribution in [-0.2, 0) is 19.1 Å². The third-order valence-electron chi connectivity index (χ3n) is 6.31. The van der Waals surface area contributed by atoms with Crippen molar-refractivity contribution in [3.05, 3.63) is 35.4 Å². The molecule has 0 aromatic heterocycles. The molecule has 2 heterocycles. The lowest BCUT2D eigenvalue weighted by Crippen LogP contribution is -2.54. The number of hydrogen-bond donors (Lipinski definition) is 1. The summed E-state index contributed by atoms with van der Waals surface area (Å²) in [5, 5.41) is 3.25. The zero-order valence-electron chi connectivity index (χ0n) is 17.1. The summed E-state index contributed by atoms with van der Waals surface area (Å²) < 4.78 is 5.08. The molecule has 0 bridgehead atoms. The highest BCUT2D eigenvalue weighted by atomic mass is 16.5. The number of benzene rings is 1. The molecule has 7 heteroatoms. The minimum atomic E-state index is -0.614. The van der Waals surface area contributed by atoms with Gasteiger partial charge in [-0.3, -0.25) is 14.4 Å². The third kappa shape index (κ3) is 3.88. The van der Waals surface area contributed by atoms with Crippen molar-refractivity contribution in [3.63, 3.8) is 0 Å². The Labute approximate surface area is 171 Å². The summed E-state index contributed by atoms with van der Waals surface area (Å²) in [4.78, 5) is 42.9. The highest BCUT2D eigenvalue weighted by molar-refractivity contribution is 5.92. The number of rotatable bonds is 4. The number of carbonyl (C=O) groups is 3. The summed E-state index contributed by atoms with van der Waals surface area (Å²) in [5.41, 5.74) is 1.99. The Morgan fingerprint density at radius 2 is 1.69 bits per heavy atom. The highest BCUT2D eigenvalue weighted by Crippen LogP contribution is 2.45. The number of hydrogen-bond acceptors (Lipinski definition) is 5. The van der Waals surface area contributed by atoms with Crippen LogP contribution >= 0.6 is 0 Å². The van der Waals surface area contributed by atoms with Gasteiger partial charge in [-0.25, -0.2) is 0 Å². The molecule has 4 rings (SSSR count). The van der Waals surface area contributed by atoms with Gasteiger partial charge in [0.15, 0.2) is 0 Å². The van der Waals surface area contributed by atoms with Gasteiger partial charge >= 0.3 is 5.97 Å². The summed E-state index contributed by atoms with van der Waals surface area (Å²) in [5.74, 6) is -0.987. The average molecular weight is 399 g/mol. The average Bonchev–Trinajstić information content (AvgIpc) is 3.53. The quantitative estimate of drug-likeness (QED) is 0.772. The fourth-order valence-electron chi connectivity index (χ4n) is 4.55. The lowest BCUT2D eigenvalue weighted by molar-refractivity contribution is -0.149. The summed E-state index contributed by atoms with van der Waals surface area (Å²) >= 11 is 0. The molecule has 3 fully saturated rings. The van der Waals surface area contributed by atoms with E-state index in [1.807, 2.05) is 36.1 Å². The Morgan fingerprint density at radius 3 is 2.28 bits per heavy atom. The Bertz CT molecular complexity index is 784. The topological polar surface area (TPSA) is 79.0 Å². The Morgan fingerprint density at radius 1 is 1.03 bits per heavy atom. The van der Waals surface area contributed by atoms with Crippen LogP contribution in [0.5, 0.6) is 0 Å². The normalized spacial score (nSPS) is 27.0. The zero-order valence-corrected chi connectivity index (χ0v) is 17.1. The molecule has 1 aromatic rings. The van der Waals surface area contributed by atoms with E-state index in [1.54, 1.807) is 4.90 Å². The Kier molecular flexibility index (Phi) is 5.58. The molecule has 1 aromatic carbocycles. The molecule has 3 unspecified atom stereocenters. The van der Waals surface area contributed by atoms with Gasteiger partial charge in [-0.1, -0.05) is 29.8 Å². The molecule has 29 heavy (non-hydrogen) atoms. The van der Waals surface area contributed by atoms with Crippen LogP contribution in [0.1, 0.15) is 36.4 Å². The number of nitrogens with one attached hydrogen (secondary N) is 1. The maximum Gasteiger partial charge on any atom is 0.311 e. The second-order valence-corrected chi connectivity index (χ2v) is 8.33. The molecular formula is C22H29N3O4. The molecule has 3 atom stereocenters. The van der Waals surface area contributed by atoms with Gasteiger partial charge in [-0.2, -0.15) is 0 Å². The summed E-state index contributed by atoms with van der Waals surface area (Å²) in [6.07, 6.45) is 2.02. The summed E-state index contributed by atoms with van der Waals surface area (Å²) in [6.45, 7) is 4.74. The Balaban J connectivity index is 1.71. The largest absolute Gasteiger partial charge is 0.469 e. The molecule has 0 spiro atoms. The number of methoxy groups -OCH3 is 1. The van der Waals surface area contributed by atoms with Crippen LogP contribution in [0.25, 0.3) is 0 Å². The molecule has 2 aliphatic heterocycles. The van der Waals surface area contributed by atoms with Gasteiger partial charge in [-0.05, 0) is 31.7 Å². The van der Waals surface area contributed by atoms with E-state index in [4.69, 9.17) is 4.74 Å². The molecular weight excluding hydrogens is 370 g/mol. The molecule has 1 N–H and O–H groups in total. The van der Waals surface area contributed by atoms with E-state index < -0.39 is 18.0 Å². The van der Waals surface area contributed by atoms with Crippen LogP contribution in [0.3, 0.4) is 0 Å². The molecule has 2 amide bonds. The standard InChI is InChI=1S/C22H29N3O4/c1-14-3-5-15(6-4-14)19-17(22(28)29-2)13-18(25(19)20(26)16-7-8-16)21(27)24-11-9-23-10-12-24/h3-6,16-19,23H,7-13H2,1-2H3. The van der Waals surface area contributed by atoms with Crippen LogP contribution in [0.15, 0.2) is 24.3 Å². The van der Waals surface area contributed by atoms with Crippen LogP contribution in [0.4, 0.5) is 0 Å². The summed E-state index contributed by atoms with van der Waals surface area (Å²) in [6, 6.07) is 6.80. The number of ether oxygens (including phenoxy) is 1. The predicted octanol–water partition coefficient (Wildman–Crippen LogP) is 1.27. The maximum absolute atomic E-state index is 13.4. The van der Waals surface area contributed by atoms with Crippen molar-refractivity contribution in [2.75, 3.05) is 33.3 Å². The van der Waals surface area contributed by atoms with E-state index in [0.717, 1.165) is 37.1 Å². The predicted molar refractivity (Wildman–Crippen MR) is 107 cm³/mol. The molecule has 0 radical (unpaired) electrons. The van der Waals surface area contributed by atoms with Crippen LogP contribution in [-0.4, -0.2) is 66.9 Å². The summed E-state index contributed by atoms with van der Waals surface area (Å²) in [7, 11) is 1.37. The third-order valence-corrected chi connectivity index (χ3v) is 6.31. The van der Waals surface area contributed by atoms with Crippen molar-refractivity contribution in [3.8, 4) is 0 Å². The lowest BCUT2D eigenvalue weighted by atomic mass is 9.92. The molecule has 1 saturated carbocycles. The zero-order chi connectivity index (χ0) is 20.5. The minimum Gasteiger partial charge on any atom is -0.469 e. The van der Waals surface area contributed by atoms with Crippen molar-refractivity contribution in [1.29, 1.82) is 0 Å². The number of carbonyl (C=O) groups excluding carboxylic acids is 3. The molecule has 156 valence electrons.